The standard InChI is InChI=1S/C12H15NO2S2/c14-12(13-6-8-16-9-7-13)10-17(15)11-4-2-1-3-5-11/h1-5H,6-10H2/t17-/m1/s1. The fraction of sp³-hybridized carbons (Fsp3) is 0.417. The first kappa shape index (κ1) is 12.6. The Morgan fingerprint density at radius 3 is 2.53 bits per heavy atom. The molecule has 1 aliphatic rings. The molecule has 0 unspecified atom stereocenters. The maximum absolute atomic E-state index is 12.0. The van der Waals surface area contributed by atoms with Gasteiger partial charge in [0.1, 0.15) is 5.75 Å². The van der Waals surface area contributed by atoms with Crippen molar-refractivity contribution in [2.45, 2.75) is 4.90 Å². The summed E-state index contributed by atoms with van der Waals surface area (Å²) in [6.07, 6.45) is 0. The summed E-state index contributed by atoms with van der Waals surface area (Å²) >= 11 is 1.86. The third-order valence-corrected chi connectivity index (χ3v) is 4.87. The molecule has 0 aliphatic carbocycles. The summed E-state index contributed by atoms with van der Waals surface area (Å²) in [5, 5.41) is 0. The van der Waals surface area contributed by atoms with Gasteiger partial charge in [-0.15, -0.1) is 0 Å². The zero-order valence-electron chi connectivity index (χ0n) is 9.50. The third kappa shape index (κ3) is 3.57. The zero-order valence-corrected chi connectivity index (χ0v) is 11.1. The van der Waals surface area contributed by atoms with Crippen molar-refractivity contribution >= 4 is 28.5 Å². The van der Waals surface area contributed by atoms with E-state index < -0.39 is 10.8 Å². The monoisotopic (exact) mass is 269 g/mol. The van der Waals surface area contributed by atoms with E-state index in [1.165, 1.54) is 0 Å². The van der Waals surface area contributed by atoms with E-state index in [9.17, 15) is 9.00 Å². The van der Waals surface area contributed by atoms with E-state index in [2.05, 4.69) is 0 Å². The van der Waals surface area contributed by atoms with Gasteiger partial charge in [0.15, 0.2) is 0 Å². The highest BCUT2D eigenvalue weighted by atomic mass is 32.2. The largest absolute Gasteiger partial charge is 0.340 e. The smallest absolute Gasteiger partial charge is 0.235 e. The van der Waals surface area contributed by atoms with E-state index in [1.54, 1.807) is 12.1 Å². The van der Waals surface area contributed by atoms with Gasteiger partial charge in [0.25, 0.3) is 0 Å². The number of amides is 1. The number of carbonyl (C=O) groups is 1. The van der Waals surface area contributed by atoms with Crippen molar-refractivity contribution in [1.29, 1.82) is 0 Å². The van der Waals surface area contributed by atoms with Crippen molar-refractivity contribution < 1.29 is 9.00 Å². The molecule has 3 nitrogen and oxygen atoms in total. The Labute approximate surface area is 108 Å². The van der Waals surface area contributed by atoms with Crippen LogP contribution in [0.2, 0.25) is 0 Å². The molecule has 0 aromatic heterocycles. The Morgan fingerprint density at radius 2 is 1.88 bits per heavy atom. The molecule has 2 rings (SSSR count). The van der Waals surface area contributed by atoms with Gasteiger partial charge < -0.3 is 4.90 Å². The predicted molar refractivity (Wildman–Crippen MR) is 71.6 cm³/mol. The van der Waals surface area contributed by atoms with Crippen molar-refractivity contribution in [2.75, 3.05) is 30.3 Å². The SMILES string of the molecule is O=C(C[S@@](=O)c1ccccc1)N1CCSCC1. The second-order valence-corrected chi connectivity index (χ2v) is 6.47. The lowest BCUT2D eigenvalue weighted by Crippen LogP contribution is -2.40. The molecule has 0 spiro atoms. The minimum Gasteiger partial charge on any atom is -0.340 e. The number of rotatable bonds is 3. The Hall–Kier alpha value is -0.810. The Bertz CT molecular complexity index is 402. The van der Waals surface area contributed by atoms with Crippen LogP contribution in [0, 0.1) is 0 Å². The molecule has 17 heavy (non-hydrogen) atoms. The van der Waals surface area contributed by atoms with E-state index in [4.69, 9.17) is 0 Å². The van der Waals surface area contributed by atoms with Crippen LogP contribution in [0.15, 0.2) is 35.2 Å². The fourth-order valence-electron chi connectivity index (χ4n) is 1.67. The molecule has 1 saturated heterocycles. The summed E-state index contributed by atoms with van der Waals surface area (Å²) < 4.78 is 12.0. The van der Waals surface area contributed by atoms with E-state index >= 15 is 0 Å². The van der Waals surface area contributed by atoms with Gasteiger partial charge in [-0.3, -0.25) is 9.00 Å². The summed E-state index contributed by atoms with van der Waals surface area (Å²) in [6.45, 7) is 1.57. The van der Waals surface area contributed by atoms with Crippen LogP contribution in [0.25, 0.3) is 0 Å². The normalized spacial score (nSPS) is 17.8. The minimum absolute atomic E-state index is 0.00693. The first-order valence-corrected chi connectivity index (χ1v) is 8.03. The summed E-state index contributed by atoms with van der Waals surface area (Å²) in [7, 11) is -1.21. The summed E-state index contributed by atoms with van der Waals surface area (Å²) in [6, 6.07) is 9.17. The van der Waals surface area contributed by atoms with Crippen molar-refractivity contribution in [3.05, 3.63) is 30.3 Å². The Kier molecular flexibility index (Phi) is 4.62. The van der Waals surface area contributed by atoms with Crippen LogP contribution in [0.4, 0.5) is 0 Å². The lowest BCUT2D eigenvalue weighted by Gasteiger charge is -2.26. The molecule has 1 fully saturated rings. The van der Waals surface area contributed by atoms with Gasteiger partial charge in [-0.25, -0.2) is 0 Å². The highest BCUT2D eigenvalue weighted by Crippen LogP contribution is 2.11. The number of hydrogen-bond donors (Lipinski definition) is 0. The molecule has 0 bridgehead atoms. The summed E-state index contributed by atoms with van der Waals surface area (Å²) in [4.78, 5) is 14.5. The molecular weight excluding hydrogens is 254 g/mol. The maximum atomic E-state index is 12.0. The average molecular weight is 269 g/mol. The molecule has 0 saturated carbocycles. The minimum atomic E-state index is -1.21. The van der Waals surface area contributed by atoms with Crippen molar-refractivity contribution in [2.24, 2.45) is 0 Å². The number of carbonyl (C=O) groups excluding carboxylic acids is 1. The second-order valence-electron chi connectivity index (χ2n) is 3.80. The molecule has 1 amide bonds. The van der Waals surface area contributed by atoms with E-state index in [-0.39, 0.29) is 11.7 Å². The van der Waals surface area contributed by atoms with Gasteiger partial charge in [0.05, 0.1) is 10.8 Å². The van der Waals surface area contributed by atoms with Crippen LogP contribution in [-0.2, 0) is 15.6 Å². The van der Waals surface area contributed by atoms with E-state index in [1.807, 2.05) is 34.9 Å². The van der Waals surface area contributed by atoms with Gasteiger partial charge in [0.2, 0.25) is 5.91 Å². The molecule has 1 atom stereocenters. The van der Waals surface area contributed by atoms with Gasteiger partial charge in [0, 0.05) is 29.5 Å². The molecule has 0 N–H and O–H groups in total. The van der Waals surface area contributed by atoms with Gasteiger partial charge >= 0.3 is 0 Å². The molecule has 1 aromatic rings. The summed E-state index contributed by atoms with van der Waals surface area (Å²) in [5.74, 6) is 2.09. The average Bonchev–Trinajstić information content (AvgIpc) is 2.40. The van der Waals surface area contributed by atoms with Crippen molar-refractivity contribution in [3.8, 4) is 0 Å². The molecule has 1 heterocycles. The van der Waals surface area contributed by atoms with Crippen LogP contribution in [0.3, 0.4) is 0 Å². The van der Waals surface area contributed by atoms with Gasteiger partial charge in [-0.2, -0.15) is 11.8 Å². The second kappa shape index (κ2) is 6.21. The molecule has 5 heteroatoms. The Morgan fingerprint density at radius 1 is 1.24 bits per heavy atom. The third-order valence-electron chi connectivity index (χ3n) is 2.62. The Balaban J connectivity index is 1.92. The highest BCUT2D eigenvalue weighted by molar-refractivity contribution is 7.99. The fourth-order valence-corrected chi connectivity index (χ4v) is 3.61. The number of nitrogens with zero attached hydrogens (tertiary/aromatic N) is 1. The highest BCUT2D eigenvalue weighted by Gasteiger charge is 2.19. The maximum Gasteiger partial charge on any atom is 0.235 e. The quantitative estimate of drug-likeness (QED) is 0.832. The first-order valence-electron chi connectivity index (χ1n) is 5.56. The van der Waals surface area contributed by atoms with Gasteiger partial charge in [-0.05, 0) is 12.1 Å². The lowest BCUT2D eigenvalue weighted by molar-refractivity contribution is -0.128. The number of hydrogen-bond acceptors (Lipinski definition) is 3. The first-order chi connectivity index (χ1) is 8.27. The predicted octanol–water partition coefficient (Wildman–Crippen LogP) is 1.37. The van der Waals surface area contributed by atoms with E-state index in [0.29, 0.717) is 0 Å². The number of benzene rings is 1. The van der Waals surface area contributed by atoms with Gasteiger partial charge in [-0.1, -0.05) is 18.2 Å². The molecule has 1 aliphatic heterocycles. The molecule has 0 radical (unpaired) electrons. The molecule has 92 valence electrons. The molecular formula is C12H15NO2S2. The lowest BCUT2D eigenvalue weighted by atomic mass is 10.4. The topological polar surface area (TPSA) is 37.4 Å². The van der Waals surface area contributed by atoms with Crippen molar-refractivity contribution in [3.63, 3.8) is 0 Å². The zero-order chi connectivity index (χ0) is 12.1. The number of thioether (sulfide) groups is 1. The van der Waals surface area contributed by atoms with Crippen LogP contribution < -0.4 is 0 Å². The van der Waals surface area contributed by atoms with Crippen LogP contribution in [-0.4, -0.2) is 45.4 Å². The van der Waals surface area contributed by atoms with E-state index in [0.717, 1.165) is 29.5 Å². The van der Waals surface area contributed by atoms with Crippen LogP contribution in [0.5, 0.6) is 0 Å². The van der Waals surface area contributed by atoms with Crippen molar-refractivity contribution in [1.82, 2.24) is 4.90 Å². The van der Waals surface area contributed by atoms with Crippen LogP contribution in [0.1, 0.15) is 0 Å². The summed E-state index contributed by atoms with van der Waals surface area (Å²) in [5.41, 5.74) is 0. The van der Waals surface area contributed by atoms with Crippen LogP contribution >= 0.6 is 11.8 Å². The molecule has 1 aromatic carbocycles.